The summed E-state index contributed by atoms with van der Waals surface area (Å²) in [7, 11) is 0. The molecule has 0 fully saturated rings. The number of rotatable bonds is 2. The van der Waals surface area contributed by atoms with Crippen LogP contribution >= 0.6 is 27.9 Å². The summed E-state index contributed by atoms with van der Waals surface area (Å²) in [5.74, 6) is 0. The largest absolute Gasteiger partial charge is 0.223 e. The maximum Gasteiger partial charge on any atom is 0.0424 e. The van der Waals surface area contributed by atoms with Crippen LogP contribution in [0.1, 0.15) is 50.3 Å². The van der Waals surface area contributed by atoms with Crippen LogP contribution in [0.25, 0.3) is 0 Å². The molecule has 0 unspecified atom stereocenters. The van der Waals surface area contributed by atoms with Crippen LogP contribution in [-0.4, -0.2) is 11.0 Å². The van der Waals surface area contributed by atoms with Crippen LogP contribution in [0.4, 0.5) is 0 Å². The quantitative estimate of drug-likeness (QED) is 0.538. The Labute approximate surface area is 123 Å². The van der Waals surface area contributed by atoms with E-state index in [-0.39, 0.29) is 4.75 Å². The molecule has 0 heterocycles. The lowest BCUT2D eigenvalue weighted by atomic mass is 9.90. The third-order valence-electron chi connectivity index (χ3n) is 2.96. The lowest BCUT2D eigenvalue weighted by molar-refractivity contribution is 0.683. The highest BCUT2D eigenvalue weighted by molar-refractivity contribution is 9.10. The molecular formula is C15H20BrNS. The van der Waals surface area contributed by atoms with E-state index in [4.69, 9.17) is 0 Å². The van der Waals surface area contributed by atoms with E-state index in [1.165, 1.54) is 46.8 Å². The third kappa shape index (κ3) is 3.86. The molecule has 0 bridgehead atoms. The van der Waals surface area contributed by atoms with Crippen molar-refractivity contribution in [1.82, 2.24) is 0 Å². The van der Waals surface area contributed by atoms with Gasteiger partial charge in [0.2, 0.25) is 0 Å². The van der Waals surface area contributed by atoms with Crippen molar-refractivity contribution in [3.05, 3.63) is 33.3 Å². The second kappa shape index (κ2) is 5.79. The fraction of sp³-hybridized carbons (Fsp3) is 0.533. The Balaban J connectivity index is 2.17. The molecule has 0 N–H and O–H groups in total. The van der Waals surface area contributed by atoms with Crippen LogP contribution in [0.5, 0.6) is 0 Å². The van der Waals surface area contributed by atoms with Gasteiger partial charge >= 0.3 is 0 Å². The monoisotopic (exact) mass is 325 g/mol. The molecule has 0 amide bonds. The van der Waals surface area contributed by atoms with E-state index < -0.39 is 0 Å². The van der Waals surface area contributed by atoms with E-state index in [9.17, 15) is 0 Å². The van der Waals surface area contributed by atoms with Crippen LogP contribution in [0.15, 0.2) is 21.0 Å². The van der Waals surface area contributed by atoms with Crippen LogP contribution in [-0.2, 0) is 12.8 Å². The maximum atomic E-state index is 4.47. The first kappa shape index (κ1) is 14.1. The molecule has 1 aliphatic rings. The Morgan fingerprint density at radius 1 is 1.22 bits per heavy atom. The molecule has 18 heavy (non-hydrogen) atoms. The second-order valence-electron chi connectivity index (χ2n) is 5.79. The molecule has 3 heteroatoms. The topological polar surface area (TPSA) is 12.4 Å². The van der Waals surface area contributed by atoms with Crippen LogP contribution in [0.3, 0.4) is 0 Å². The lowest BCUT2D eigenvalue weighted by Gasteiger charge is -2.18. The van der Waals surface area contributed by atoms with Crippen molar-refractivity contribution in [2.24, 2.45) is 4.40 Å². The SMILES string of the molecule is CC(C)(C)SN=Cc1cc(Br)c2c(c1)CCCC2. The molecule has 0 aliphatic heterocycles. The Morgan fingerprint density at radius 2 is 1.94 bits per heavy atom. The fourth-order valence-electron chi connectivity index (χ4n) is 2.16. The summed E-state index contributed by atoms with van der Waals surface area (Å²) in [5.41, 5.74) is 4.21. The summed E-state index contributed by atoms with van der Waals surface area (Å²) in [6.45, 7) is 6.54. The van der Waals surface area contributed by atoms with E-state index in [2.05, 4.69) is 53.2 Å². The van der Waals surface area contributed by atoms with Gasteiger partial charge in [-0.2, -0.15) is 0 Å². The number of halogens is 1. The van der Waals surface area contributed by atoms with E-state index in [1.54, 1.807) is 11.9 Å². The first-order valence-electron chi connectivity index (χ1n) is 6.48. The third-order valence-corrected chi connectivity index (χ3v) is 4.43. The molecule has 1 aromatic carbocycles. The Kier molecular flexibility index (Phi) is 4.54. The molecule has 0 radical (unpaired) electrons. The van der Waals surface area contributed by atoms with Gasteiger partial charge in [-0.15, -0.1) is 0 Å². The van der Waals surface area contributed by atoms with E-state index in [1.807, 2.05) is 6.21 Å². The van der Waals surface area contributed by atoms with Crippen molar-refractivity contribution in [2.75, 3.05) is 0 Å². The summed E-state index contributed by atoms with van der Waals surface area (Å²) in [4.78, 5) is 0. The molecular weight excluding hydrogens is 306 g/mol. The molecule has 0 atom stereocenters. The van der Waals surface area contributed by atoms with Gasteiger partial charge in [-0.1, -0.05) is 15.9 Å². The summed E-state index contributed by atoms with van der Waals surface area (Å²) >= 11 is 5.32. The number of benzene rings is 1. The summed E-state index contributed by atoms with van der Waals surface area (Å²) in [5, 5.41) is 0. The van der Waals surface area contributed by atoms with Crippen LogP contribution < -0.4 is 0 Å². The van der Waals surface area contributed by atoms with Gasteiger partial charge in [0.15, 0.2) is 0 Å². The van der Waals surface area contributed by atoms with Crippen molar-refractivity contribution < 1.29 is 0 Å². The molecule has 0 saturated carbocycles. The van der Waals surface area contributed by atoms with Crippen molar-refractivity contribution in [1.29, 1.82) is 0 Å². The second-order valence-corrected chi connectivity index (χ2v) is 8.26. The maximum absolute atomic E-state index is 4.47. The van der Waals surface area contributed by atoms with Gasteiger partial charge in [0, 0.05) is 15.4 Å². The predicted octanol–water partition coefficient (Wildman–Crippen LogP) is 5.19. The standard InChI is InChI=1S/C15H20BrNS/c1-15(2,3)18-17-10-11-8-12-6-4-5-7-13(12)14(16)9-11/h8-10H,4-7H2,1-3H3. The summed E-state index contributed by atoms with van der Waals surface area (Å²) < 4.78 is 5.91. The molecule has 1 aromatic rings. The van der Waals surface area contributed by atoms with Crippen molar-refractivity contribution >= 4 is 34.1 Å². The number of hydrogen-bond acceptors (Lipinski definition) is 2. The fourth-order valence-corrected chi connectivity index (χ4v) is 3.36. The smallest absolute Gasteiger partial charge is 0.0424 e. The zero-order valence-corrected chi connectivity index (χ0v) is 13.7. The van der Waals surface area contributed by atoms with Crippen molar-refractivity contribution in [2.45, 2.75) is 51.2 Å². The normalized spacial score (nSPS) is 16.0. The Hall–Kier alpha value is -0.280. The number of aryl methyl sites for hydroxylation is 1. The number of fused-ring (bicyclic) bond motifs is 1. The lowest BCUT2D eigenvalue weighted by Crippen LogP contribution is -2.06. The summed E-state index contributed by atoms with van der Waals surface area (Å²) in [6.07, 6.45) is 7.04. The zero-order chi connectivity index (χ0) is 13.2. The van der Waals surface area contributed by atoms with Gasteiger partial charge in [-0.3, -0.25) is 0 Å². The molecule has 1 aliphatic carbocycles. The minimum absolute atomic E-state index is 0.182. The van der Waals surface area contributed by atoms with Gasteiger partial charge < -0.3 is 0 Å². The van der Waals surface area contributed by atoms with E-state index in [0.29, 0.717) is 0 Å². The molecule has 1 nitrogen and oxygen atoms in total. The average Bonchev–Trinajstić information content (AvgIpc) is 2.27. The van der Waals surface area contributed by atoms with Gasteiger partial charge in [-0.25, -0.2) is 4.40 Å². The highest BCUT2D eigenvalue weighted by Crippen LogP contribution is 2.30. The zero-order valence-electron chi connectivity index (χ0n) is 11.3. The van der Waals surface area contributed by atoms with Gasteiger partial charge in [-0.05, 0) is 87.2 Å². The minimum atomic E-state index is 0.182. The van der Waals surface area contributed by atoms with Crippen LogP contribution in [0.2, 0.25) is 0 Å². The average molecular weight is 326 g/mol. The highest BCUT2D eigenvalue weighted by Gasteiger charge is 2.13. The van der Waals surface area contributed by atoms with E-state index >= 15 is 0 Å². The Bertz CT molecular complexity index is 460. The van der Waals surface area contributed by atoms with Gasteiger partial charge in [0.1, 0.15) is 0 Å². The minimum Gasteiger partial charge on any atom is -0.223 e. The first-order valence-corrected chi connectivity index (χ1v) is 8.05. The van der Waals surface area contributed by atoms with Crippen molar-refractivity contribution in [3.8, 4) is 0 Å². The molecule has 0 spiro atoms. The first-order chi connectivity index (χ1) is 8.46. The van der Waals surface area contributed by atoms with Crippen LogP contribution in [0, 0.1) is 0 Å². The van der Waals surface area contributed by atoms with E-state index in [0.717, 1.165) is 0 Å². The van der Waals surface area contributed by atoms with Gasteiger partial charge in [0.25, 0.3) is 0 Å². The Morgan fingerprint density at radius 3 is 2.67 bits per heavy atom. The highest BCUT2D eigenvalue weighted by atomic mass is 79.9. The van der Waals surface area contributed by atoms with Gasteiger partial charge in [0.05, 0.1) is 0 Å². The number of nitrogens with zero attached hydrogens (tertiary/aromatic N) is 1. The predicted molar refractivity (Wildman–Crippen MR) is 85.7 cm³/mol. The number of hydrogen-bond donors (Lipinski definition) is 0. The molecule has 98 valence electrons. The summed E-state index contributed by atoms with van der Waals surface area (Å²) in [6, 6.07) is 4.49. The molecule has 0 aromatic heterocycles. The van der Waals surface area contributed by atoms with Crippen molar-refractivity contribution in [3.63, 3.8) is 0 Å². The molecule has 2 rings (SSSR count). The molecule has 0 saturated heterocycles.